The Bertz CT molecular complexity index is 372. The molecule has 0 radical (unpaired) electrons. The van der Waals surface area contributed by atoms with Gasteiger partial charge in [-0.1, -0.05) is 76.9 Å². The van der Waals surface area contributed by atoms with Gasteiger partial charge in [0.2, 0.25) is 0 Å². The Morgan fingerprint density at radius 1 is 0.857 bits per heavy atom. The highest BCUT2D eigenvalue weighted by Gasteiger charge is 2.39. The van der Waals surface area contributed by atoms with Gasteiger partial charge in [-0.3, -0.25) is 0 Å². The van der Waals surface area contributed by atoms with E-state index in [1.807, 2.05) is 0 Å². The predicted octanol–water partition coefficient (Wildman–Crippen LogP) is 4.13. The quantitative estimate of drug-likeness (QED) is 0.253. The van der Waals surface area contributed by atoms with Crippen LogP contribution in [0.2, 0.25) is 0 Å². The van der Waals surface area contributed by atoms with E-state index in [2.05, 4.69) is 19.1 Å². The van der Waals surface area contributed by atoms with Crippen LogP contribution in [0, 0.1) is 0 Å². The fraction of sp³-hybridized carbons (Fsp3) is 0.913. The standard InChI is InChI=1S/C23H44O5/c1-2-3-4-5-6-7-8-9-10-11-12-13-14-15-16-17-27-23-21(18-24)28-19-20(25)22(23)26/h4-5,20-26H,2-3,6-19H2,1H3/b5-4+/t20-,21+,22+,23+/m0/s1. The first-order valence-corrected chi connectivity index (χ1v) is 11.6. The summed E-state index contributed by atoms with van der Waals surface area (Å²) in [6.45, 7) is 2.59. The van der Waals surface area contributed by atoms with E-state index in [-0.39, 0.29) is 13.2 Å². The van der Waals surface area contributed by atoms with Crippen molar-refractivity contribution in [3.8, 4) is 0 Å². The highest BCUT2D eigenvalue weighted by molar-refractivity contribution is 4.87. The second-order valence-corrected chi connectivity index (χ2v) is 8.03. The fourth-order valence-corrected chi connectivity index (χ4v) is 3.62. The van der Waals surface area contributed by atoms with E-state index in [9.17, 15) is 15.3 Å². The monoisotopic (exact) mass is 400 g/mol. The van der Waals surface area contributed by atoms with Crippen molar-refractivity contribution in [2.24, 2.45) is 0 Å². The summed E-state index contributed by atoms with van der Waals surface area (Å²) in [7, 11) is 0. The largest absolute Gasteiger partial charge is 0.394 e. The zero-order valence-electron chi connectivity index (χ0n) is 17.9. The van der Waals surface area contributed by atoms with Gasteiger partial charge >= 0.3 is 0 Å². The van der Waals surface area contributed by atoms with Crippen molar-refractivity contribution in [3.05, 3.63) is 12.2 Å². The van der Waals surface area contributed by atoms with Crippen molar-refractivity contribution >= 4 is 0 Å². The first kappa shape index (κ1) is 25.6. The van der Waals surface area contributed by atoms with Gasteiger partial charge in [0.15, 0.2) is 0 Å². The molecular weight excluding hydrogens is 356 g/mol. The number of hydrogen-bond acceptors (Lipinski definition) is 5. The van der Waals surface area contributed by atoms with E-state index in [1.165, 1.54) is 70.6 Å². The fourth-order valence-electron chi connectivity index (χ4n) is 3.62. The molecule has 0 amide bonds. The first-order valence-electron chi connectivity index (χ1n) is 11.6. The van der Waals surface area contributed by atoms with Crippen molar-refractivity contribution in [1.82, 2.24) is 0 Å². The Morgan fingerprint density at radius 2 is 1.43 bits per heavy atom. The zero-order valence-corrected chi connectivity index (χ0v) is 17.9. The Labute approximate surface area is 172 Å². The van der Waals surface area contributed by atoms with Crippen molar-refractivity contribution in [2.45, 2.75) is 115 Å². The van der Waals surface area contributed by atoms with E-state index >= 15 is 0 Å². The maximum Gasteiger partial charge on any atom is 0.114 e. The number of ether oxygens (including phenoxy) is 2. The van der Waals surface area contributed by atoms with Crippen LogP contribution in [-0.4, -0.2) is 59.6 Å². The third-order valence-corrected chi connectivity index (χ3v) is 5.46. The van der Waals surface area contributed by atoms with Crippen LogP contribution in [0.4, 0.5) is 0 Å². The Morgan fingerprint density at radius 3 is 2.04 bits per heavy atom. The van der Waals surface area contributed by atoms with Gasteiger partial charge in [0.05, 0.1) is 13.2 Å². The van der Waals surface area contributed by atoms with Crippen LogP contribution in [-0.2, 0) is 9.47 Å². The molecule has 0 aromatic rings. The molecule has 0 unspecified atom stereocenters. The first-order chi connectivity index (χ1) is 13.7. The zero-order chi connectivity index (χ0) is 20.5. The minimum Gasteiger partial charge on any atom is -0.394 e. The molecule has 1 aliphatic rings. The molecule has 1 saturated heterocycles. The molecule has 0 saturated carbocycles. The van der Waals surface area contributed by atoms with Crippen molar-refractivity contribution in [1.29, 1.82) is 0 Å². The minimum absolute atomic E-state index is 0.0439. The lowest BCUT2D eigenvalue weighted by molar-refractivity contribution is -0.211. The van der Waals surface area contributed by atoms with Gasteiger partial charge in [0.25, 0.3) is 0 Å². The highest BCUT2D eigenvalue weighted by Crippen LogP contribution is 2.19. The predicted molar refractivity (Wildman–Crippen MR) is 113 cm³/mol. The lowest BCUT2D eigenvalue weighted by Crippen LogP contribution is -2.55. The summed E-state index contributed by atoms with van der Waals surface area (Å²) in [6, 6.07) is 0. The van der Waals surface area contributed by atoms with Gasteiger partial charge in [-0.2, -0.15) is 0 Å². The van der Waals surface area contributed by atoms with Crippen LogP contribution >= 0.6 is 0 Å². The second kappa shape index (κ2) is 17.4. The van der Waals surface area contributed by atoms with Gasteiger partial charge in [-0.05, 0) is 25.7 Å². The number of aliphatic hydroxyl groups is 3. The number of allylic oxidation sites excluding steroid dienone is 2. The second-order valence-electron chi connectivity index (χ2n) is 8.03. The number of aliphatic hydroxyl groups excluding tert-OH is 3. The smallest absolute Gasteiger partial charge is 0.114 e. The summed E-state index contributed by atoms with van der Waals surface area (Å²) in [4.78, 5) is 0. The Hall–Kier alpha value is -0.460. The molecule has 1 rings (SSSR count). The SMILES string of the molecule is CCC/C=C/CCCCCCCCCCCCO[C@H]1[C@H](O)[C@@H](O)CO[C@@H]1CO. The van der Waals surface area contributed by atoms with Gasteiger partial charge in [0, 0.05) is 6.61 Å². The van der Waals surface area contributed by atoms with Crippen LogP contribution in [0.25, 0.3) is 0 Å². The van der Waals surface area contributed by atoms with E-state index in [0.29, 0.717) is 6.61 Å². The summed E-state index contributed by atoms with van der Waals surface area (Å²) in [5.41, 5.74) is 0. The van der Waals surface area contributed by atoms with Gasteiger partial charge < -0.3 is 24.8 Å². The van der Waals surface area contributed by atoms with Gasteiger partial charge in [0.1, 0.15) is 24.4 Å². The van der Waals surface area contributed by atoms with Gasteiger partial charge in [-0.15, -0.1) is 0 Å². The van der Waals surface area contributed by atoms with Crippen LogP contribution in [0.5, 0.6) is 0 Å². The molecule has 0 bridgehead atoms. The molecule has 0 aromatic carbocycles. The van der Waals surface area contributed by atoms with E-state index in [4.69, 9.17) is 9.47 Å². The summed E-state index contributed by atoms with van der Waals surface area (Å²) < 4.78 is 11.0. The lowest BCUT2D eigenvalue weighted by Gasteiger charge is -2.37. The molecule has 0 spiro atoms. The molecule has 0 aliphatic carbocycles. The van der Waals surface area contributed by atoms with Crippen molar-refractivity contribution in [2.75, 3.05) is 19.8 Å². The van der Waals surface area contributed by atoms with Crippen LogP contribution in [0.3, 0.4) is 0 Å². The van der Waals surface area contributed by atoms with E-state index in [0.717, 1.165) is 12.8 Å². The molecular formula is C23H44O5. The molecule has 166 valence electrons. The normalized spacial score (nSPS) is 25.6. The Kier molecular flexibility index (Phi) is 15.9. The molecule has 3 N–H and O–H groups in total. The van der Waals surface area contributed by atoms with E-state index < -0.39 is 24.4 Å². The van der Waals surface area contributed by atoms with Crippen LogP contribution < -0.4 is 0 Å². The molecule has 1 aliphatic heterocycles. The average Bonchev–Trinajstić information content (AvgIpc) is 2.70. The number of unbranched alkanes of at least 4 members (excludes halogenated alkanes) is 11. The summed E-state index contributed by atoms with van der Waals surface area (Å²) in [5, 5.41) is 29.0. The van der Waals surface area contributed by atoms with Crippen molar-refractivity contribution in [3.63, 3.8) is 0 Å². The van der Waals surface area contributed by atoms with Gasteiger partial charge in [-0.25, -0.2) is 0 Å². The minimum atomic E-state index is -0.988. The molecule has 5 nitrogen and oxygen atoms in total. The van der Waals surface area contributed by atoms with Crippen LogP contribution in [0.15, 0.2) is 12.2 Å². The third kappa shape index (κ3) is 11.5. The highest BCUT2D eigenvalue weighted by atomic mass is 16.6. The number of hydrogen-bond donors (Lipinski definition) is 3. The Balaban J connectivity index is 1.87. The molecule has 0 aromatic heterocycles. The lowest BCUT2D eigenvalue weighted by atomic mass is 10.0. The summed E-state index contributed by atoms with van der Waals surface area (Å²) in [5.74, 6) is 0. The number of rotatable bonds is 17. The van der Waals surface area contributed by atoms with E-state index in [1.54, 1.807) is 0 Å². The topological polar surface area (TPSA) is 79.2 Å². The molecule has 5 heteroatoms. The maximum absolute atomic E-state index is 10.00. The van der Waals surface area contributed by atoms with Crippen molar-refractivity contribution < 1.29 is 24.8 Å². The third-order valence-electron chi connectivity index (χ3n) is 5.46. The summed E-state index contributed by atoms with van der Waals surface area (Å²) >= 11 is 0. The average molecular weight is 401 g/mol. The molecule has 28 heavy (non-hydrogen) atoms. The molecule has 4 atom stereocenters. The molecule has 1 fully saturated rings. The maximum atomic E-state index is 10.00. The molecule has 1 heterocycles. The summed E-state index contributed by atoms with van der Waals surface area (Å²) in [6.07, 6.45) is 17.8. The van der Waals surface area contributed by atoms with Crippen LogP contribution in [0.1, 0.15) is 90.4 Å².